The van der Waals surface area contributed by atoms with Gasteiger partial charge in [-0.25, -0.2) is 4.39 Å². The van der Waals surface area contributed by atoms with Gasteiger partial charge in [-0.3, -0.25) is 4.79 Å². The number of carbonyl (C=O) groups is 1. The summed E-state index contributed by atoms with van der Waals surface area (Å²) in [5, 5.41) is 0. The molecule has 0 radical (unpaired) electrons. The number of aryl methyl sites for hydroxylation is 1. The van der Waals surface area contributed by atoms with Gasteiger partial charge in [-0.1, -0.05) is 18.2 Å². The summed E-state index contributed by atoms with van der Waals surface area (Å²) in [7, 11) is 3.46. The number of halogens is 1. The molecule has 0 atom stereocenters. The Kier molecular flexibility index (Phi) is 4.28. The van der Waals surface area contributed by atoms with E-state index in [1.807, 2.05) is 6.07 Å². The van der Waals surface area contributed by atoms with Gasteiger partial charge in [0, 0.05) is 20.5 Å². The van der Waals surface area contributed by atoms with Crippen molar-refractivity contribution >= 4 is 5.91 Å². The third-order valence-electron chi connectivity index (χ3n) is 2.29. The van der Waals surface area contributed by atoms with Crippen LogP contribution in [0.1, 0.15) is 18.4 Å². The van der Waals surface area contributed by atoms with E-state index >= 15 is 0 Å². The van der Waals surface area contributed by atoms with E-state index in [0.717, 1.165) is 0 Å². The molecule has 0 spiro atoms. The topological polar surface area (TPSA) is 20.3 Å². The van der Waals surface area contributed by atoms with Gasteiger partial charge >= 0.3 is 0 Å². The van der Waals surface area contributed by atoms with Gasteiger partial charge < -0.3 is 4.90 Å². The van der Waals surface area contributed by atoms with Crippen molar-refractivity contribution in [1.82, 2.24) is 4.90 Å². The molecule has 0 heterocycles. The standard InChI is InChI=1S/C12H16FNO/c1-14(2)12(15)9-5-7-10-6-3-4-8-11(10)13/h3-4,6,8H,5,7,9H2,1-2H3. The monoisotopic (exact) mass is 209 g/mol. The van der Waals surface area contributed by atoms with Crippen molar-refractivity contribution in [2.24, 2.45) is 0 Å². The van der Waals surface area contributed by atoms with Crippen LogP contribution in [0.4, 0.5) is 4.39 Å². The predicted octanol–water partition coefficient (Wildman–Crippen LogP) is 2.24. The smallest absolute Gasteiger partial charge is 0.222 e. The van der Waals surface area contributed by atoms with E-state index in [1.54, 1.807) is 31.1 Å². The quantitative estimate of drug-likeness (QED) is 0.744. The van der Waals surface area contributed by atoms with Crippen LogP contribution in [0, 0.1) is 5.82 Å². The second-order valence-electron chi connectivity index (χ2n) is 3.73. The number of rotatable bonds is 4. The van der Waals surface area contributed by atoms with E-state index in [-0.39, 0.29) is 11.7 Å². The largest absolute Gasteiger partial charge is 0.349 e. The Morgan fingerprint density at radius 2 is 2.00 bits per heavy atom. The van der Waals surface area contributed by atoms with Gasteiger partial charge in [-0.2, -0.15) is 0 Å². The lowest BCUT2D eigenvalue weighted by molar-refractivity contribution is -0.128. The molecular weight excluding hydrogens is 193 g/mol. The lowest BCUT2D eigenvalue weighted by atomic mass is 10.1. The Balaban J connectivity index is 2.38. The molecule has 82 valence electrons. The minimum atomic E-state index is -0.185. The molecule has 0 bridgehead atoms. The van der Waals surface area contributed by atoms with E-state index in [1.165, 1.54) is 6.07 Å². The maximum Gasteiger partial charge on any atom is 0.222 e. The van der Waals surface area contributed by atoms with E-state index in [2.05, 4.69) is 0 Å². The SMILES string of the molecule is CN(C)C(=O)CCCc1ccccc1F. The molecule has 3 heteroatoms. The molecule has 2 nitrogen and oxygen atoms in total. The molecule has 1 aromatic rings. The van der Waals surface area contributed by atoms with Gasteiger partial charge in [-0.15, -0.1) is 0 Å². The number of hydrogen-bond acceptors (Lipinski definition) is 1. The van der Waals surface area contributed by atoms with Crippen LogP contribution in [-0.2, 0) is 11.2 Å². The first-order valence-electron chi connectivity index (χ1n) is 5.05. The molecule has 0 aliphatic heterocycles. The minimum Gasteiger partial charge on any atom is -0.349 e. The van der Waals surface area contributed by atoms with Crippen molar-refractivity contribution in [1.29, 1.82) is 0 Å². The van der Waals surface area contributed by atoms with Gasteiger partial charge in [-0.05, 0) is 24.5 Å². The fourth-order valence-corrected chi connectivity index (χ4v) is 1.35. The predicted molar refractivity (Wildman–Crippen MR) is 58.0 cm³/mol. The molecule has 0 saturated carbocycles. The van der Waals surface area contributed by atoms with Crippen LogP contribution < -0.4 is 0 Å². The first-order valence-corrected chi connectivity index (χ1v) is 5.05. The molecule has 15 heavy (non-hydrogen) atoms. The summed E-state index contributed by atoms with van der Waals surface area (Å²) in [6.07, 6.45) is 1.78. The molecule has 0 N–H and O–H groups in total. The highest BCUT2D eigenvalue weighted by Gasteiger charge is 2.05. The van der Waals surface area contributed by atoms with E-state index in [4.69, 9.17) is 0 Å². The van der Waals surface area contributed by atoms with Crippen LogP contribution in [0.25, 0.3) is 0 Å². The average Bonchev–Trinajstić information content (AvgIpc) is 2.20. The molecule has 0 aromatic heterocycles. The summed E-state index contributed by atoms with van der Waals surface area (Å²) in [5.74, 6) is -0.0962. The maximum absolute atomic E-state index is 13.2. The van der Waals surface area contributed by atoms with E-state index < -0.39 is 0 Å². The maximum atomic E-state index is 13.2. The molecule has 1 amide bonds. The molecule has 0 unspecified atom stereocenters. The van der Waals surface area contributed by atoms with Gasteiger partial charge in [0.2, 0.25) is 5.91 Å². The zero-order valence-electron chi connectivity index (χ0n) is 9.16. The molecular formula is C12H16FNO. The Morgan fingerprint density at radius 1 is 1.33 bits per heavy atom. The summed E-state index contributed by atoms with van der Waals surface area (Å²) in [6, 6.07) is 6.69. The zero-order chi connectivity index (χ0) is 11.3. The molecule has 0 aliphatic rings. The number of nitrogens with zero attached hydrogens (tertiary/aromatic N) is 1. The van der Waals surface area contributed by atoms with Gasteiger partial charge in [0.25, 0.3) is 0 Å². The summed E-state index contributed by atoms with van der Waals surface area (Å²) < 4.78 is 13.2. The molecule has 1 aromatic carbocycles. The van der Waals surface area contributed by atoms with Gasteiger partial charge in [0.1, 0.15) is 5.82 Å². The highest BCUT2D eigenvalue weighted by molar-refractivity contribution is 5.75. The first-order chi connectivity index (χ1) is 7.11. The third kappa shape index (κ3) is 3.70. The van der Waals surface area contributed by atoms with Gasteiger partial charge in [0.15, 0.2) is 0 Å². The first kappa shape index (κ1) is 11.7. The van der Waals surface area contributed by atoms with Crippen LogP contribution >= 0.6 is 0 Å². The Labute approximate surface area is 89.7 Å². The van der Waals surface area contributed by atoms with Crippen molar-refractivity contribution in [3.8, 4) is 0 Å². The second kappa shape index (κ2) is 5.49. The highest BCUT2D eigenvalue weighted by Crippen LogP contribution is 2.10. The molecule has 0 fully saturated rings. The summed E-state index contributed by atoms with van der Waals surface area (Å²) >= 11 is 0. The van der Waals surface area contributed by atoms with Crippen LogP contribution in [-0.4, -0.2) is 24.9 Å². The van der Waals surface area contributed by atoms with E-state index in [9.17, 15) is 9.18 Å². The second-order valence-corrected chi connectivity index (χ2v) is 3.73. The average molecular weight is 209 g/mol. The Hall–Kier alpha value is -1.38. The fraction of sp³-hybridized carbons (Fsp3) is 0.417. The normalized spacial score (nSPS) is 10.1. The van der Waals surface area contributed by atoms with Gasteiger partial charge in [0.05, 0.1) is 0 Å². The summed E-state index contributed by atoms with van der Waals surface area (Å²) in [5.41, 5.74) is 0.684. The van der Waals surface area contributed by atoms with Crippen molar-refractivity contribution in [2.45, 2.75) is 19.3 Å². The number of amides is 1. The zero-order valence-corrected chi connectivity index (χ0v) is 9.16. The number of hydrogen-bond donors (Lipinski definition) is 0. The summed E-state index contributed by atoms with van der Waals surface area (Å²) in [4.78, 5) is 12.8. The van der Waals surface area contributed by atoms with Crippen molar-refractivity contribution in [3.05, 3.63) is 35.6 Å². The fourth-order valence-electron chi connectivity index (χ4n) is 1.35. The van der Waals surface area contributed by atoms with Crippen LogP contribution in [0.5, 0.6) is 0 Å². The van der Waals surface area contributed by atoms with Crippen molar-refractivity contribution < 1.29 is 9.18 Å². The summed E-state index contributed by atoms with van der Waals surface area (Å²) in [6.45, 7) is 0. The highest BCUT2D eigenvalue weighted by atomic mass is 19.1. The van der Waals surface area contributed by atoms with Crippen LogP contribution in [0.15, 0.2) is 24.3 Å². The van der Waals surface area contributed by atoms with Crippen LogP contribution in [0.2, 0.25) is 0 Å². The number of carbonyl (C=O) groups excluding carboxylic acids is 1. The molecule has 1 rings (SSSR count). The lowest BCUT2D eigenvalue weighted by Gasteiger charge is -2.09. The molecule has 0 aliphatic carbocycles. The van der Waals surface area contributed by atoms with Crippen LogP contribution in [0.3, 0.4) is 0 Å². The van der Waals surface area contributed by atoms with E-state index in [0.29, 0.717) is 24.8 Å². The Bertz CT molecular complexity index is 336. The number of benzene rings is 1. The third-order valence-corrected chi connectivity index (χ3v) is 2.29. The Morgan fingerprint density at radius 3 is 2.60 bits per heavy atom. The minimum absolute atomic E-state index is 0.0892. The van der Waals surface area contributed by atoms with Crippen molar-refractivity contribution in [3.63, 3.8) is 0 Å². The molecule has 0 saturated heterocycles. The lowest BCUT2D eigenvalue weighted by Crippen LogP contribution is -2.21. The van der Waals surface area contributed by atoms with Crippen molar-refractivity contribution in [2.75, 3.05) is 14.1 Å².